The van der Waals surface area contributed by atoms with Crippen LogP contribution in [-0.4, -0.2) is 12.1 Å². The molecule has 0 saturated heterocycles. The first kappa shape index (κ1) is 18.2. The highest BCUT2D eigenvalue weighted by atomic mass is 19.1. The predicted molar refractivity (Wildman–Crippen MR) is 90.3 cm³/mol. The third kappa shape index (κ3) is 8.21. The van der Waals surface area contributed by atoms with E-state index in [9.17, 15) is 4.39 Å². The van der Waals surface area contributed by atoms with Crippen LogP contribution in [0.4, 0.5) is 4.39 Å². The predicted octanol–water partition coefficient (Wildman–Crippen LogP) is 5.66. The average Bonchev–Trinajstić information content (AvgIpc) is 2.42. The summed E-state index contributed by atoms with van der Waals surface area (Å²) < 4.78 is 13.1. The van der Waals surface area contributed by atoms with Crippen molar-refractivity contribution in [3.8, 4) is 0 Å². The molecule has 0 aliphatic rings. The van der Waals surface area contributed by atoms with Gasteiger partial charge in [-0.05, 0) is 50.8 Å². The summed E-state index contributed by atoms with van der Waals surface area (Å²) in [5.41, 5.74) is 1.38. The minimum absolute atomic E-state index is 0.125. The maximum atomic E-state index is 13.1. The standard InChI is InChI=1S/C19H32FN/c1-5-6-7-8-9-10-17(15-21-19(2,3)4)16-11-13-18(20)14-12-16/h11-14,17,21H,5-10,15H2,1-4H3. The minimum Gasteiger partial charge on any atom is -0.311 e. The van der Waals surface area contributed by atoms with Gasteiger partial charge in [-0.25, -0.2) is 4.39 Å². The summed E-state index contributed by atoms with van der Waals surface area (Å²) in [6.45, 7) is 9.78. The lowest BCUT2D eigenvalue weighted by Gasteiger charge is -2.26. The molecule has 1 N–H and O–H groups in total. The summed E-state index contributed by atoms with van der Waals surface area (Å²) >= 11 is 0. The molecule has 1 atom stereocenters. The summed E-state index contributed by atoms with van der Waals surface area (Å²) in [6, 6.07) is 7.04. The van der Waals surface area contributed by atoms with Crippen molar-refractivity contribution in [2.45, 2.75) is 77.7 Å². The Morgan fingerprint density at radius 1 is 1.00 bits per heavy atom. The topological polar surface area (TPSA) is 12.0 Å². The Morgan fingerprint density at radius 3 is 2.19 bits per heavy atom. The Balaban J connectivity index is 2.55. The number of hydrogen-bond donors (Lipinski definition) is 1. The molecular weight excluding hydrogens is 261 g/mol. The molecule has 0 heterocycles. The smallest absolute Gasteiger partial charge is 0.123 e. The molecule has 1 aromatic carbocycles. The molecule has 0 spiro atoms. The second-order valence-electron chi connectivity index (χ2n) is 7.08. The van der Waals surface area contributed by atoms with E-state index in [-0.39, 0.29) is 11.4 Å². The lowest BCUT2D eigenvalue weighted by molar-refractivity contribution is 0.393. The molecule has 1 unspecified atom stereocenters. The number of unbranched alkanes of at least 4 members (excludes halogenated alkanes) is 4. The van der Waals surface area contributed by atoms with Gasteiger partial charge in [0.2, 0.25) is 0 Å². The number of halogens is 1. The van der Waals surface area contributed by atoms with E-state index in [1.807, 2.05) is 12.1 Å². The van der Waals surface area contributed by atoms with Crippen molar-refractivity contribution < 1.29 is 4.39 Å². The number of hydrogen-bond acceptors (Lipinski definition) is 1. The molecule has 21 heavy (non-hydrogen) atoms. The van der Waals surface area contributed by atoms with Gasteiger partial charge >= 0.3 is 0 Å². The molecule has 1 rings (SSSR count). The molecule has 0 amide bonds. The highest BCUT2D eigenvalue weighted by Gasteiger charge is 2.15. The van der Waals surface area contributed by atoms with Gasteiger partial charge in [-0.15, -0.1) is 0 Å². The summed E-state index contributed by atoms with van der Waals surface area (Å²) in [5.74, 6) is 0.329. The van der Waals surface area contributed by atoms with Crippen molar-refractivity contribution in [2.24, 2.45) is 0 Å². The van der Waals surface area contributed by atoms with Crippen LogP contribution in [0.3, 0.4) is 0 Å². The summed E-state index contributed by atoms with van der Waals surface area (Å²) in [7, 11) is 0. The molecule has 1 aromatic rings. The Labute approximate surface area is 130 Å². The molecule has 120 valence electrons. The third-order valence-corrected chi connectivity index (χ3v) is 3.88. The number of nitrogens with one attached hydrogen (secondary N) is 1. The third-order valence-electron chi connectivity index (χ3n) is 3.88. The van der Waals surface area contributed by atoms with E-state index in [4.69, 9.17) is 0 Å². The maximum absolute atomic E-state index is 13.1. The van der Waals surface area contributed by atoms with Crippen molar-refractivity contribution in [1.82, 2.24) is 5.32 Å². The average molecular weight is 293 g/mol. The van der Waals surface area contributed by atoms with Crippen LogP contribution >= 0.6 is 0 Å². The van der Waals surface area contributed by atoms with Crippen molar-refractivity contribution in [1.29, 1.82) is 0 Å². The van der Waals surface area contributed by atoms with Crippen LogP contribution < -0.4 is 5.32 Å². The van der Waals surface area contributed by atoms with Crippen LogP contribution in [0, 0.1) is 5.82 Å². The van der Waals surface area contributed by atoms with Crippen molar-refractivity contribution in [3.63, 3.8) is 0 Å². The van der Waals surface area contributed by atoms with Crippen LogP contribution in [0.2, 0.25) is 0 Å². The van der Waals surface area contributed by atoms with Crippen LogP contribution in [0.25, 0.3) is 0 Å². The van der Waals surface area contributed by atoms with Crippen LogP contribution in [-0.2, 0) is 0 Å². The van der Waals surface area contributed by atoms with Crippen LogP contribution in [0.1, 0.15) is 77.7 Å². The molecule has 0 saturated carbocycles. The van der Waals surface area contributed by atoms with E-state index < -0.39 is 0 Å². The van der Waals surface area contributed by atoms with Gasteiger partial charge in [0.25, 0.3) is 0 Å². The van der Waals surface area contributed by atoms with Gasteiger partial charge in [0.05, 0.1) is 0 Å². The first-order valence-corrected chi connectivity index (χ1v) is 8.43. The van der Waals surface area contributed by atoms with Gasteiger partial charge < -0.3 is 5.32 Å². The Kier molecular flexibility index (Phi) is 7.95. The van der Waals surface area contributed by atoms with Gasteiger partial charge in [0.15, 0.2) is 0 Å². The first-order valence-electron chi connectivity index (χ1n) is 8.43. The summed E-state index contributed by atoms with van der Waals surface area (Å²) in [6.07, 6.45) is 7.70. The zero-order chi connectivity index (χ0) is 15.7. The molecule has 2 heteroatoms. The van der Waals surface area contributed by atoms with Crippen molar-refractivity contribution in [2.75, 3.05) is 6.54 Å². The number of rotatable bonds is 9. The fourth-order valence-corrected chi connectivity index (χ4v) is 2.55. The van der Waals surface area contributed by atoms with Gasteiger partial charge in [-0.2, -0.15) is 0 Å². The highest BCUT2D eigenvalue weighted by molar-refractivity contribution is 5.21. The quantitative estimate of drug-likeness (QED) is 0.579. The second kappa shape index (κ2) is 9.19. The second-order valence-corrected chi connectivity index (χ2v) is 7.08. The lowest BCUT2D eigenvalue weighted by atomic mass is 9.92. The normalized spacial score (nSPS) is 13.4. The molecule has 0 fully saturated rings. The monoisotopic (exact) mass is 293 g/mol. The van der Waals surface area contributed by atoms with Gasteiger partial charge in [0, 0.05) is 12.1 Å². The number of benzene rings is 1. The van der Waals surface area contributed by atoms with Gasteiger partial charge in [0.1, 0.15) is 5.82 Å². The van der Waals surface area contributed by atoms with Crippen LogP contribution in [0.5, 0.6) is 0 Å². The minimum atomic E-state index is -0.149. The Bertz CT molecular complexity index is 378. The summed E-state index contributed by atoms with van der Waals surface area (Å²) in [5, 5.41) is 3.59. The van der Waals surface area contributed by atoms with E-state index in [1.165, 1.54) is 44.1 Å². The fraction of sp³-hybridized carbons (Fsp3) is 0.684. The first-order chi connectivity index (χ1) is 9.92. The van der Waals surface area contributed by atoms with Gasteiger partial charge in [-0.1, -0.05) is 51.2 Å². The fourth-order valence-electron chi connectivity index (χ4n) is 2.55. The van der Waals surface area contributed by atoms with E-state index in [0.29, 0.717) is 5.92 Å². The van der Waals surface area contributed by atoms with Gasteiger partial charge in [-0.3, -0.25) is 0 Å². The van der Waals surface area contributed by atoms with Crippen molar-refractivity contribution >= 4 is 0 Å². The van der Waals surface area contributed by atoms with Crippen LogP contribution in [0.15, 0.2) is 24.3 Å². The van der Waals surface area contributed by atoms with E-state index in [0.717, 1.165) is 6.54 Å². The zero-order valence-electron chi connectivity index (χ0n) is 14.2. The highest BCUT2D eigenvalue weighted by Crippen LogP contribution is 2.23. The maximum Gasteiger partial charge on any atom is 0.123 e. The molecule has 0 bridgehead atoms. The van der Waals surface area contributed by atoms with E-state index in [2.05, 4.69) is 33.0 Å². The molecule has 0 radical (unpaired) electrons. The van der Waals surface area contributed by atoms with Crippen molar-refractivity contribution in [3.05, 3.63) is 35.6 Å². The molecule has 0 aliphatic heterocycles. The molecular formula is C19H32FN. The Morgan fingerprint density at radius 2 is 1.62 bits per heavy atom. The Hall–Kier alpha value is -0.890. The SMILES string of the molecule is CCCCCCCC(CNC(C)(C)C)c1ccc(F)cc1. The van der Waals surface area contributed by atoms with E-state index >= 15 is 0 Å². The molecule has 0 aromatic heterocycles. The summed E-state index contributed by atoms with van der Waals surface area (Å²) in [4.78, 5) is 0. The molecule has 0 aliphatic carbocycles. The largest absolute Gasteiger partial charge is 0.311 e. The zero-order valence-corrected chi connectivity index (χ0v) is 14.2. The lowest BCUT2D eigenvalue weighted by Crippen LogP contribution is -2.38. The molecule has 1 nitrogen and oxygen atoms in total. The van der Waals surface area contributed by atoms with E-state index in [1.54, 1.807) is 12.1 Å².